The molecule has 0 bridgehead atoms. The molecule has 2 N–H and O–H groups in total. The molecule has 1 aliphatic heterocycles. The van der Waals surface area contributed by atoms with Crippen LogP contribution >= 0.6 is 0 Å². The summed E-state index contributed by atoms with van der Waals surface area (Å²) in [6.07, 6.45) is 0. The first-order valence-corrected chi connectivity index (χ1v) is 7.04. The molecule has 0 unspecified atom stereocenters. The average Bonchev–Trinajstić information content (AvgIpc) is 3.03. The maximum atomic E-state index is 11.8. The normalized spacial score (nSPS) is 12.0. The zero-order valence-corrected chi connectivity index (χ0v) is 12.5. The fraction of sp³-hybridized carbons (Fsp3) is 0.267. The molecule has 2 aromatic rings. The molecule has 0 fully saturated rings. The number of carbonyl (C=O) groups excluding carboxylic acids is 1. The van der Waals surface area contributed by atoms with Crippen LogP contribution in [0.2, 0.25) is 0 Å². The summed E-state index contributed by atoms with van der Waals surface area (Å²) in [5.41, 5.74) is 1.04. The van der Waals surface area contributed by atoms with Crippen LogP contribution in [0.25, 0.3) is 0 Å². The molecule has 23 heavy (non-hydrogen) atoms. The molecule has 8 nitrogen and oxygen atoms in total. The number of hydrogen-bond acceptors (Lipinski definition) is 7. The Morgan fingerprint density at radius 3 is 2.87 bits per heavy atom. The van der Waals surface area contributed by atoms with Gasteiger partial charge in [-0.25, -0.2) is 0 Å². The third-order valence-electron chi connectivity index (χ3n) is 3.13. The van der Waals surface area contributed by atoms with E-state index in [0.717, 1.165) is 5.69 Å². The number of rotatable bonds is 6. The van der Waals surface area contributed by atoms with Crippen molar-refractivity contribution < 1.29 is 19.0 Å². The minimum Gasteiger partial charge on any atom is -0.454 e. The molecule has 0 aliphatic carbocycles. The quantitative estimate of drug-likeness (QED) is 0.776. The Kier molecular flexibility index (Phi) is 4.53. The third-order valence-corrected chi connectivity index (χ3v) is 3.13. The van der Waals surface area contributed by atoms with Crippen molar-refractivity contribution in [1.82, 2.24) is 15.5 Å². The van der Waals surface area contributed by atoms with Crippen molar-refractivity contribution in [2.45, 2.75) is 0 Å². The van der Waals surface area contributed by atoms with E-state index in [1.54, 1.807) is 19.2 Å². The van der Waals surface area contributed by atoms with Gasteiger partial charge in [-0.1, -0.05) is 0 Å². The van der Waals surface area contributed by atoms with Gasteiger partial charge in [0.2, 0.25) is 6.79 Å². The van der Waals surface area contributed by atoms with Crippen molar-refractivity contribution in [3.8, 4) is 11.5 Å². The van der Waals surface area contributed by atoms with Gasteiger partial charge in [-0.3, -0.25) is 4.79 Å². The highest BCUT2D eigenvalue weighted by Crippen LogP contribution is 2.34. The van der Waals surface area contributed by atoms with E-state index in [2.05, 4.69) is 20.8 Å². The molecule has 8 heteroatoms. The number of ether oxygens (including phenoxy) is 3. The largest absolute Gasteiger partial charge is 0.454 e. The summed E-state index contributed by atoms with van der Waals surface area (Å²) in [6, 6.07) is 8.76. The second kappa shape index (κ2) is 6.93. The summed E-state index contributed by atoms with van der Waals surface area (Å²) >= 11 is 0. The van der Waals surface area contributed by atoms with E-state index in [4.69, 9.17) is 14.2 Å². The van der Waals surface area contributed by atoms with Crippen molar-refractivity contribution in [3.63, 3.8) is 0 Å². The monoisotopic (exact) mass is 316 g/mol. The van der Waals surface area contributed by atoms with E-state index in [1.807, 2.05) is 18.2 Å². The van der Waals surface area contributed by atoms with E-state index >= 15 is 0 Å². The average molecular weight is 316 g/mol. The molecule has 0 radical (unpaired) electrons. The highest BCUT2D eigenvalue weighted by Gasteiger charge is 2.13. The van der Waals surface area contributed by atoms with E-state index in [9.17, 15) is 4.79 Å². The van der Waals surface area contributed by atoms with Crippen LogP contribution in [-0.4, -0.2) is 43.2 Å². The second-order valence-corrected chi connectivity index (χ2v) is 4.75. The van der Waals surface area contributed by atoms with Crippen molar-refractivity contribution in [2.24, 2.45) is 0 Å². The van der Waals surface area contributed by atoms with Crippen LogP contribution in [0.5, 0.6) is 11.5 Å². The zero-order valence-electron chi connectivity index (χ0n) is 12.5. The molecule has 1 aromatic heterocycles. The lowest BCUT2D eigenvalue weighted by molar-refractivity contribution is 0.0931. The molecule has 0 saturated heterocycles. The van der Waals surface area contributed by atoms with E-state index in [0.29, 0.717) is 30.5 Å². The van der Waals surface area contributed by atoms with Gasteiger partial charge in [0.25, 0.3) is 5.91 Å². The SMILES string of the molecule is COCCNC(=O)c1ccc(Nc2ccc3c(c2)OCO3)nn1. The number of nitrogens with zero attached hydrogens (tertiary/aromatic N) is 2. The van der Waals surface area contributed by atoms with Crippen molar-refractivity contribution in [2.75, 3.05) is 32.4 Å². The van der Waals surface area contributed by atoms with Gasteiger partial charge in [-0.05, 0) is 24.3 Å². The number of anilines is 2. The van der Waals surface area contributed by atoms with Crippen molar-refractivity contribution in [3.05, 3.63) is 36.0 Å². The van der Waals surface area contributed by atoms with Gasteiger partial charge in [-0.2, -0.15) is 0 Å². The molecular weight excluding hydrogens is 300 g/mol. The van der Waals surface area contributed by atoms with Crippen LogP contribution < -0.4 is 20.1 Å². The fourth-order valence-electron chi connectivity index (χ4n) is 2.00. The maximum absolute atomic E-state index is 11.8. The number of hydrogen-bond donors (Lipinski definition) is 2. The first-order valence-electron chi connectivity index (χ1n) is 7.04. The zero-order chi connectivity index (χ0) is 16.1. The van der Waals surface area contributed by atoms with E-state index in [-0.39, 0.29) is 18.4 Å². The molecule has 1 aliphatic rings. The molecular formula is C15H16N4O4. The Balaban J connectivity index is 1.62. The smallest absolute Gasteiger partial charge is 0.271 e. The van der Waals surface area contributed by atoms with Gasteiger partial charge in [-0.15, -0.1) is 10.2 Å². The lowest BCUT2D eigenvalue weighted by Crippen LogP contribution is -2.27. The fourth-order valence-corrected chi connectivity index (χ4v) is 2.00. The van der Waals surface area contributed by atoms with Crippen LogP contribution in [0.3, 0.4) is 0 Å². The Bertz CT molecular complexity index is 690. The number of aromatic nitrogens is 2. The summed E-state index contributed by atoms with van der Waals surface area (Å²) in [5, 5.41) is 13.7. The Labute approximate surface area is 132 Å². The van der Waals surface area contributed by atoms with Gasteiger partial charge >= 0.3 is 0 Å². The van der Waals surface area contributed by atoms with E-state index in [1.165, 1.54) is 0 Å². The van der Waals surface area contributed by atoms with Crippen LogP contribution in [0.4, 0.5) is 11.5 Å². The summed E-state index contributed by atoms with van der Waals surface area (Å²) in [5.74, 6) is 1.63. The van der Waals surface area contributed by atoms with Gasteiger partial charge in [0.15, 0.2) is 23.0 Å². The molecule has 3 rings (SSSR count). The molecule has 120 valence electrons. The Hall–Kier alpha value is -2.87. The predicted molar refractivity (Wildman–Crippen MR) is 82.1 cm³/mol. The number of fused-ring (bicyclic) bond motifs is 1. The molecule has 1 amide bonds. The molecule has 1 aromatic carbocycles. The van der Waals surface area contributed by atoms with Crippen LogP contribution in [0.15, 0.2) is 30.3 Å². The van der Waals surface area contributed by atoms with Gasteiger partial charge in [0.1, 0.15) is 0 Å². The van der Waals surface area contributed by atoms with Gasteiger partial charge in [0.05, 0.1) is 6.61 Å². The summed E-state index contributed by atoms with van der Waals surface area (Å²) in [6.45, 7) is 1.10. The number of nitrogens with one attached hydrogen (secondary N) is 2. The Morgan fingerprint density at radius 2 is 2.09 bits per heavy atom. The van der Waals surface area contributed by atoms with Gasteiger partial charge < -0.3 is 24.8 Å². The summed E-state index contributed by atoms with van der Waals surface area (Å²) < 4.78 is 15.4. The molecule has 0 spiro atoms. The van der Waals surface area contributed by atoms with Crippen molar-refractivity contribution >= 4 is 17.4 Å². The maximum Gasteiger partial charge on any atom is 0.271 e. The minimum absolute atomic E-state index is 0.228. The number of carbonyl (C=O) groups is 1. The topological polar surface area (TPSA) is 94.6 Å². The first-order chi connectivity index (χ1) is 11.3. The van der Waals surface area contributed by atoms with E-state index < -0.39 is 0 Å². The lowest BCUT2D eigenvalue weighted by atomic mass is 10.2. The summed E-state index contributed by atoms with van der Waals surface area (Å²) in [7, 11) is 1.57. The second-order valence-electron chi connectivity index (χ2n) is 4.75. The van der Waals surface area contributed by atoms with Crippen molar-refractivity contribution in [1.29, 1.82) is 0 Å². The standard InChI is InChI=1S/C15H16N4O4/c1-21-7-6-16-15(20)11-3-5-14(19-18-11)17-10-2-4-12-13(8-10)23-9-22-12/h2-5,8H,6-7,9H2,1H3,(H,16,20)(H,17,19). The van der Waals surface area contributed by atoms with Gasteiger partial charge in [0, 0.05) is 25.4 Å². The Morgan fingerprint density at radius 1 is 1.22 bits per heavy atom. The predicted octanol–water partition coefficient (Wildman–Crippen LogP) is 1.33. The third kappa shape index (κ3) is 3.67. The summed E-state index contributed by atoms with van der Waals surface area (Å²) in [4.78, 5) is 11.8. The first kappa shape index (κ1) is 15.0. The van der Waals surface area contributed by atoms with Crippen LogP contribution in [-0.2, 0) is 4.74 Å². The molecule has 0 saturated carbocycles. The highest BCUT2D eigenvalue weighted by molar-refractivity contribution is 5.92. The van der Waals surface area contributed by atoms with Crippen LogP contribution in [0.1, 0.15) is 10.5 Å². The number of benzene rings is 1. The molecule has 0 atom stereocenters. The minimum atomic E-state index is -0.288. The highest BCUT2D eigenvalue weighted by atomic mass is 16.7. The molecule has 2 heterocycles. The number of methoxy groups -OCH3 is 1. The lowest BCUT2D eigenvalue weighted by Gasteiger charge is -2.07. The van der Waals surface area contributed by atoms with Crippen LogP contribution in [0, 0.1) is 0 Å². The number of amides is 1.